The van der Waals surface area contributed by atoms with E-state index in [9.17, 15) is 9.59 Å². The molecule has 3 rings (SSSR count). The molecule has 0 saturated carbocycles. The number of carbonyl (C=O) groups is 2. The van der Waals surface area contributed by atoms with Gasteiger partial charge in [0.2, 0.25) is 11.7 Å². The number of aromatic nitrogens is 2. The summed E-state index contributed by atoms with van der Waals surface area (Å²) < 4.78 is 10.1. The summed E-state index contributed by atoms with van der Waals surface area (Å²) in [6, 6.07) is 13.4. The second-order valence-corrected chi connectivity index (χ2v) is 6.48. The van der Waals surface area contributed by atoms with E-state index in [1.807, 2.05) is 0 Å². The number of Topliss-reactive ketones (excluding diaryl/α,β-unsaturated/α-hetero) is 1. The maximum Gasteiger partial charge on any atom is 0.306 e. The minimum Gasteiger partial charge on any atom is -0.457 e. The molecule has 0 amide bonds. The number of ketones is 1. The number of rotatable bonds is 7. The van der Waals surface area contributed by atoms with E-state index in [1.165, 1.54) is 0 Å². The van der Waals surface area contributed by atoms with Gasteiger partial charge in [0.25, 0.3) is 0 Å². The highest BCUT2D eigenvalue weighted by Gasteiger charge is 2.13. The highest BCUT2D eigenvalue weighted by atomic mass is 35.5. The number of hydrogen-bond donors (Lipinski definition) is 0. The lowest BCUT2D eigenvalue weighted by atomic mass is 10.1. The molecule has 0 N–H and O–H groups in total. The molecule has 0 aliphatic heterocycles. The van der Waals surface area contributed by atoms with Crippen LogP contribution in [0, 0.1) is 0 Å². The Labute approximate surface area is 165 Å². The summed E-state index contributed by atoms with van der Waals surface area (Å²) in [5, 5.41) is 5.01. The van der Waals surface area contributed by atoms with Crippen molar-refractivity contribution in [3.05, 3.63) is 70.0 Å². The standard InChI is InChI=1S/C19H14Cl2N2O4/c20-14-5-1-12(2-6-14)16(24)11-26-18(25)10-9-17-22-19(23-27-17)13-3-7-15(21)8-4-13/h1-8H,9-11H2. The molecule has 0 saturated heterocycles. The SMILES string of the molecule is O=C(CCc1nc(-c2ccc(Cl)cc2)no1)OCC(=O)c1ccc(Cl)cc1. The van der Waals surface area contributed by atoms with Crippen LogP contribution in [0.1, 0.15) is 22.7 Å². The van der Waals surface area contributed by atoms with Crippen molar-refractivity contribution in [1.29, 1.82) is 0 Å². The number of nitrogens with zero attached hydrogens (tertiary/aromatic N) is 2. The van der Waals surface area contributed by atoms with Gasteiger partial charge in [-0.3, -0.25) is 9.59 Å². The van der Waals surface area contributed by atoms with E-state index in [1.54, 1.807) is 48.5 Å². The van der Waals surface area contributed by atoms with Crippen LogP contribution in [0.5, 0.6) is 0 Å². The van der Waals surface area contributed by atoms with E-state index in [2.05, 4.69) is 10.1 Å². The maximum absolute atomic E-state index is 11.9. The van der Waals surface area contributed by atoms with Crippen molar-refractivity contribution in [2.75, 3.05) is 6.61 Å². The lowest BCUT2D eigenvalue weighted by Crippen LogP contribution is -2.14. The Morgan fingerprint density at radius 2 is 1.59 bits per heavy atom. The summed E-state index contributed by atoms with van der Waals surface area (Å²) in [4.78, 5) is 28.0. The molecule has 0 aliphatic carbocycles. The van der Waals surface area contributed by atoms with Crippen molar-refractivity contribution < 1.29 is 18.8 Å². The van der Waals surface area contributed by atoms with Gasteiger partial charge < -0.3 is 9.26 Å². The number of benzene rings is 2. The van der Waals surface area contributed by atoms with E-state index in [-0.39, 0.29) is 25.2 Å². The highest BCUT2D eigenvalue weighted by Crippen LogP contribution is 2.19. The lowest BCUT2D eigenvalue weighted by Gasteiger charge is -2.03. The van der Waals surface area contributed by atoms with Crippen molar-refractivity contribution >= 4 is 35.0 Å². The number of hydrogen-bond acceptors (Lipinski definition) is 6. The van der Waals surface area contributed by atoms with Crippen molar-refractivity contribution in [1.82, 2.24) is 10.1 Å². The molecule has 0 unspecified atom stereocenters. The number of esters is 1. The minimum absolute atomic E-state index is 0.0240. The Morgan fingerprint density at radius 1 is 0.963 bits per heavy atom. The summed E-state index contributed by atoms with van der Waals surface area (Å²) in [6.07, 6.45) is 0.241. The smallest absolute Gasteiger partial charge is 0.306 e. The Kier molecular flexibility index (Phi) is 6.21. The Hall–Kier alpha value is -2.70. The van der Waals surface area contributed by atoms with E-state index in [0.29, 0.717) is 27.3 Å². The first-order chi connectivity index (χ1) is 13.0. The molecular weight excluding hydrogens is 391 g/mol. The average molecular weight is 405 g/mol. The fourth-order valence-electron chi connectivity index (χ4n) is 2.22. The third-order valence-corrected chi connectivity index (χ3v) is 4.15. The van der Waals surface area contributed by atoms with Crippen LogP contribution in [-0.4, -0.2) is 28.5 Å². The fourth-order valence-corrected chi connectivity index (χ4v) is 2.47. The summed E-state index contributed by atoms with van der Waals surface area (Å²) in [6.45, 7) is -0.333. The second-order valence-electron chi connectivity index (χ2n) is 5.61. The monoisotopic (exact) mass is 404 g/mol. The van der Waals surface area contributed by atoms with Crippen LogP contribution in [0.4, 0.5) is 0 Å². The van der Waals surface area contributed by atoms with Crippen molar-refractivity contribution in [2.24, 2.45) is 0 Å². The normalized spacial score (nSPS) is 10.6. The van der Waals surface area contributed by atoms with Gasteiger partial charge in [0.05, 0.1) is 6.42 Å². The average Bonchev–Trinajstić information content (AvgIpc) is 3.14. The number of aryl methyl sites for hydroxylation is 1. The van der Waals surface area contributed by atoms with Crippen LogP contribution in [0.3, 0.4) is 0 Å². The third kappa shape index (κ3) is 5.39. The third-order valence-electron chi connectivity index (χ3n) is 3.64. The van der Waals surface area contributed by atoms with E-state index >= 15 is 0 Å². The van der Waals surface area contributed by atoms with Gasteiger partial charge in [-0.05, 0) is 48.5 Å². The van der Waals surface area contributed by atoms with Crippen molar-refractivity contribution in [3.63, 3.8) is 0 Å². The molecule has 27 heavy (non-hydrogen) atoms. The zero-order valence-electron chi connectivity index (χ0n) is 14.0. The topological polar surface area (TPSA) is 82.3 Å². The van der Waals surface area contributed by atoms with Gasteiger partial charge in [-0.25, -0.2) is 0 Å². The van der Waals surface area contributed by atoms with Crippen LogP contribution in [0.25, 0.3) is 11.4 Å². The minimum atomic E-state index is -0.524. The maximum atomic E-state index is 11.9. The molecule has 0 fully saturated rings. The first kappa shape index (κ1) is 19.1. The molecule has 8 heteroatoms. The lowest BCUT2D eigenvalue weighted by molar-refractivity contribution is -0.142. The summed E-state index contributed by atoms with van der Waals surface area (Å²) in [5.41, 5.74) is 1.18. The molecule has 0 radical (unpaired) electrons. The van der Waals surface area contributed by atoms with Crippen molar-refractivity contribution in [2.45, 2.75) is 12.8 Å². The summed E-state index contributed by atoms with van der Waals surface area (Å²) >= 11 is 11.6. The fraction of sp³-hybridized carbons (Fsp3) is 0.158. The molecule has 0 atom stereocenters. The van der Waals surface area contributed by atoms with Crippen LogP contribution in [0.2, 0.25) is 10.0 Å². The molecule has 2 aromatic carbocycles. The molecule has 1 aromatic heterocycles. The summed E-state index contributed by atoms with van der Waals surface area (Å²) in [7, 11) is 0. The molecule has 0 aliphatic rings. The first-order valence-electron chi connectivity index (χ1n) is 8.04. The van der Waals surface area contributed by atoms with Gasteiger partial charge in [0.15, 0.2) is 12.4 Å². The van der Waals surface area contributed by atoms with E-state index in [4.69, 9.17) is 32.5 Å². The number of carbonyl (C=O) groups excluding carboxylic acids is 2. The molecule has 3 aromatic rings. The quantitative estimate of drug-likeness (QED) is 0.428. The van der Waals surface area contributed by atoms with Gasteiger partial charge in [-0.15, -0.1) is 0 Å². The van der Waals surface area contributed by atoms with Crippen LogP contribution >= 0.6 is 23.2 Å². The van der Waals surface area contributed by atoms with Gasteiger partial charge in [-0.1, -0.05) is 28.4 Å². The van der Waals surface area contributed by atoms with E-state index < -0.39 is 5.97 Å². The molecule has 0 spiro atoms. The molecular formula is C19H14Cl2N2O4. The van der Waals surface area contributed by atoms with Gasteiger partial charge in [0, 0.05) is 27.6 Å². The zero-order chi connectivity index (χ0) is 19.2. The number of halogens is 2. The Balaban J connectivity index is 1.47. The predicted octanol–water partition coefficient (Wildman–Crippen LogP) is 4.40. The van der Waals surface area contributed by atoms with Crippen LogP contribution < -0.4 is 0 Å². The second kappa shape index (κ2) is 8.79. The highest BCUT2D eigenvalue weighted by molar-refractivity contribution is 6.30. The first-order valence-corrected chi connectivity index (χ1v) is 8.80. The number of ether oxygens (including phenoxy) is 1. The van der Waals surface area contributed by atoms with Crippen LogP contribution in [0.15, 0.2) is 53.1 Å². The Bertz CT molecular complexity index is 937. The van der Waals surface area contributed by atoms with Crippen LogP contribution in [-0.2, 0) is 16.0 Å². The largest absolute Gasteiger partial charge is 0.457 e. The van der Waals surface area contributed by atoms with Gasteiger partial charge >= 0.3 is 5.97 Å². The van der Waals surface area contributed by atoms with E-state index in [0.717, 1.165) is 5.56 Å². The van der Waals surface area contributed by atoms with Gasteiger partial charge in [-0.2, -0.15) is 4.98 Å². The zero-order valence-corrected chi connectivity index (χ0v) is 15.5. The predicted molar refractivity (Wildman–Crippen MR) is 99.8 cm³/mol. The molecule has 1 heterocycles. The van der Waals surface area contributed by atoms with Crippen molar-refractivity contribution in [3.8, 4) is 11.4 Å². The Morgan fingerprint density at radius 3 is 2.26 bits per heavy atom. The molecule has 0 bridgehead atoms. The molecule has 6 nitrogen and oxygen atoms in total. The van der Waals surface area contributed by atoms with Gasteiger partial charge in [0.1, 0.15) is 0 Å². The summed E-state index contributed by atoms with van der Waals surface area (Å²) in [5.74, 6) is -0.111. The molecule has 138 valence electrons.